The maximum absolute atomic E-state index is 6.09. The van der Waals surface area contributed by atoms with Gasteiger partial charge < -0.3 is 11.1 Å². The molecule has 2 aromatic rings. The topological polar surface area (TPSA) is 50.9 Å². The van der Waals surface area contributed by atoms with Crippen LogP contribution >= 0.6 is 23.2 Å². The molecule has 0 saturated carbocycles. The summed E-state index contributed by atoms with van der Waals surface area (Å²) in [7, 11) is 0. The molecule has 0 aliphatic carbocycles. The lowest BCUT2D eigenvalue weighted by molar-refractivity contribution is 1.03. The van der Waals surface area contributed by atoms with E-state index < -0.39 is 0 Å². The van der Waals surface area contributed by atoms with Crippen molar-refractivity contribution in [1.29, 1.82) is 0 Å². The largest absolute Gasteiger partial charge is 0.383 e. The SMILES string of the molecule is NCCNc1ccnc2c(Cl)c(Cl)ccc12. The highest BCUT2D eigenvalue weighted by Crippen LogP contribution is 2.32. The molecule has 3 nitrogen and oxygen atoms in total. The van der Waals surface area contributed by atoms with Gasteiger partial charge in [0.2, 0.25) is 0 Å². The second-order valence-corrected chi connectivity index (χ2v) is 4.12. The molecular weight excluding hydrogens is 245 g/mol. The van der Waals surface area contributed by atoms with Gasteiger partial charge in [0.05, 0.1) is 15.6 Å². The van der Waals surface area contributed by atoms with E-state index in [2.05, 4.69) is 10.3 Å². The lowest BCUT2D eigenvalue weighted by Gasteiger charge is -2.09. The molecule has 0 aliphatic heterocycles. The standard InChI is InChI=1S/C11H11Cl2N3/c12-8-2-1-7-9(15-6-4-14)3-5-16-11(7)10(8)13/h1-3,5H,4,6,14H2,(H,15,16). The van der Waals surface area contributed by atoms with E-state index in [1.54, 1.807) is 12.3 Å². The molecule has 1 heterocycles. The number of nitrogens with zero attached hydrogens (tertiary/aromatic N) is 1. The first-order chi connectivity index (χ1) is 7.74. The fourth-order valence-electron chi connectivity index (χ4n) is 1.52. The van der Waals surface area contributed by atoms with E-state index >= 15 is 0 Å². The Labute approximate surface area is 104 Å². The first kappa shape index (κ1) is 11.5. The van der Waals surface area contributed by atoms with Crippen molar-refractivity contribution in [1.82, 2.24) is 4.98 Å². The van der Waals surface area contributed by atoms with E-state index in [1.165, 1.54) is 0 Å². The number of nitrogens with two attached hydrogens (primary N) is 1. The molecular formula is C11H11Cl2N3. The van der Waals surface area contributed by atoms with Gasteiger partial charge in [-0.2, -0.15) is 0 Å². The van der Waals surface area contributed by atoms with Gasteiger partial charge >= 0.3 is 0 Å². The summed E-state index contributed by atoms with van der Waals surface area (Å²) in [4.78, 5) is 4.22. The molecule has 0 bridgehead atoms. The lowest BCUT2D eigenvalue weighted by atomic mass is 10.2. The summed E-state index contributed by atoms with van der Waals surface area (Å²) in [5, 5.41) is 5.16. The normalized spacial score (nSPS) is 10.7. The number of nitrogens with one attached hydrogen (secondary N) is 1. The molecule has 2 rings (SSSR count). The van der Waals surface area contributed by atoms with Gasteiger partial charge in [0.15, 0.2) is 0 Å². The fourth-order valence-corrected chi connectivity index (χ4v) is 1.89. The van der Waals surface area contributed by atoms with Crippen molar-refractivity contribution >= 4 is 39.8 Å². The number of pyridine rings is 1. The highest BCUT2D eigenvalue weighted by atomic mass is 35.5. The van der Waals surface area contributed by atoms with Crippen LogP contribution in [0.1, 0.15) is 0 Å². The molecule has 0 unspecified atom stereocenters. The molecule has 0 saturated heterocycles. The number of benzene rings is 1. The summed E-state index contributed by atoms with van der Waals surface area (Å²) in [6.07, 6.45) is 1.70. The van der Waals surface area contributed by atoms with E-state index in [0.717, 1.165) is 11.1 Å². The Morgan fingerprint density at radius 2 is 2.06 bits per heavy atom. The van der Waals surface area contributed by atoms with Crippen molar-refractivity contribution in [3.8, 4) is 0 Å². The van der Waals surface area contributed by atoms with Gasteiger partial charge in [0.25, 0.3) is 0 Å². The number of anilines is 1. The van der Waals surface area contributed by atoms with Crippen molar-refractivity contribution in [2.45, 2.75) is 0 Å². The molecule has 16 heavy (non-hydrogen) atoms. The minimum Gasteiger partial charge on any atom is -0.383 e. The molecule has 3 N–H and O–H groups in total. The third-order valence-electron chi connectivity index (χ3n) is 2.26. The number of rotatable bonds is 3. The number of aromatic nitrogens is 1. The van der Waals surface area contributed by atoms with Crippen LogP contribution in [0.15, 0.2) is 24.4 Å². The Kier molecular flexibility index (Phi) is 3.49. The van der Waals surface area contributed by atoms with Crippen molar-refractivity contribution in [3.05, 3.63) is 34.4 Å². The Morgan fingerprint density at radius 3 is 2.81 bits per heavy atom. The number of halogens is 2. The highest BCUT2D eigenvalue weighted by molar-refractivity contribution is 6.45. The molecule has 0 fully saturated rings. The van der Waals surface area contributed by atoms with Crippen LogP contribution in [0.4, 0.5) is 5.69 Å². The molecule has 0 aliphatic rings. The van der Waals surface area contributed by atoms with Crippen molar-refractivity contribution < 1.29 is 0 Å². The average molecular weight is 256 g/mol. The van der Waals surface area contributed by atoms with Gasteiger partial charge in [-0.3, -0.25) is 4.98 Å². The molecule has 0 amide bonds. The monoisotopic (exact) mass is 255 g/mol. The van der Waals surface area contributed by atoms with Gasteiger partial charge in [-0.1, -0.05) is 23.2 Å². The van der Waals surface area contributed by atoms with E-state index in [9.17, 15) is 0 Å². The predicted molar refractivity (Wildman–Crippen MR) is 69.3 cm³/mol. The third-order valence-corrected chi connectivity index (χ3v) is 3.06. The Hall–Kier alpha value is -1.03. The van der Waals surface area contributed by atoms with Crippen LogP contribution in [0, 0.1) is 0 Å². The third kappa shape index (κ3) is 2.07. The molecule has 84 valence electrons. The molecule has 0 atom stereocenters. The van der Waals surface area contributed by atoms with Crippen LogP contribution in [-0.4, -0.2) is 18.1 Å². The molecule has 1 aromatic carbocycles. The van der Waals surface area contributed by atoms with E-state index in [1.807, 2.05) is 12.1 Å². The van der Waals surface area contributed by atoms with E-state index in [4.69, 9.17) is 28.9 Å². The summed E-state index contributed by atoms with van der Waals surface area (Å²) in [6.45, 7) is 1.28. The molecule has 1 aromatic heterocycles. The van der Waals surface area contributed by atoms with Gasteiger partial charge in [-0.05, 0) is 18.2 Å². The Morgan fingerprint density at radius 1 is 1.25 bits per heavy atom. The van der Waals surface area contributed by atoms with Gasteiger partial charge in [-0.15, -0.1) is 0 Å². The summed E-state index contributed by atoms with van der Waals surface area (Å²) in [5.41, 5.74) is 7.12. The zero-order chi connectivity index (χ0) is 11.5. The Balaban J connectivity index is 2.56. The minimum atomic E-state index is 0.482. The zero-order valence-corrected chi connectivity index (χ0v) is 10.0. The summed E-state index contributed by atoms with van der Waals surface area (Å²) in [5.74, 6) is 0. The second kappa shape index (κ2) is 4.87. The number of hydrogen-bond donors (Lipinski definition) is 2. The number of hydrogen-bond acceptors (Lipinski definition) is 3. The average Bonchev–Trinajstić information content (AvgIpc) is 2.31. The van der Waals surface area contributed by atoms with Gasteiger partial charge in [0.1, 0.15) is 0 Å². The molecule has 5 heteroatoms. The van der Waals surface area contributed by atoms with Gasteiger partial charge in [0, 0.05) is 30.4 Å². The highest BCUT2D eigenvalue weighted by Gasteiger charge is 2.07. The Bertz CT molecular complexity index is 514. The first-order valence-corrected chi connectivity index (χ1v) is 5.66. The van der Waals surface area contributed by atoms with Crippen molar-refractivity contribution in [2.24, 2.45) is 5.73 Å². The minimum absolute atomic E-state index is 0.482. The van der Waals surface area contributed by atoms with Crippen LogP contribution in [-0.2, 0) is 0 Å². The van der Waals surface area contributed by atoms with E-state index in [-0.39, 0.29) is 0 Å². The van der Waals surface area contributed by atoms with Crippen LogP contribution in [0.3, 0.4) is 0 Å². The van der Waals surface area contributed by atoms with Gasteiger partial charge in [-0.25, -0.2) is 0 Å². The second-order valence-electron chi connectivity index (χ2n) is 3.33. The maximum Gasteiger partial charge on any atom is 0.0924 e. The van der Waals surface area contributed by atoms with Crippen LogP contribution < -0.4 is 11.1 Å². The van der Waals surface area contributed by atoms with Crippen LogP contribution in [0.2, 0.25) is 10.0 Å². The van der Waals surface area contributed by atoms with Crippen LogP contribution in [0.25, 0.3) is 10.9 Å². The van der Waals surface area contributed by atoms with Crippen molar-refractivity contribution in [2.75, 3.05) is 18.4 Å². The maximum atomic E-state index is 6.09. The summed E-state index contributed by atoms with van der Waals surface area (Å²) in [6, 6.07) is 5.55. The quantitative estimate of drug-likeness (QED) is 0.887. The van der Waals surface area contributed by atoms with E-state index in [0.29, 0.717) is 28.7 Å². The molecule has 0 spiro atoms. The fraction of sp³-hybridized carbons (Fsp3) is 0.182. The smallest absolute Gasteiger partial charge is 0.0924 e. The van der Waals surface area contributed by atoms with Crippen LogP contribution in [0.5, 0.6) is 0 Å². The number of fused-ring (bicyclic) bond motifs is 1. The summed E-state index contributed by atoms with van der Waals surface area (Å²) >= 11 is 12.0. The predicted octanol–water partition coefficient (Wildman–Crippen LogP) is 2.91. The lowest BCUT2D eigenvalue weighted by Crippen LogP contribution is -2.13. The van der Waals surface area contributed by atoms with Crippen molar-refractivity contribution in [3.63, 3.8) is 0 Å². The molecule has 0 radical (unpaired) electrons. The summed E-state index contributed by atoms with van der Waals surface area (Å²) < 4.78 is 0. The first-order valence-electron chi connectivity index (χ1n) is 4.90. The zero-order valence-electron chi connectivity index (χ0n) is 8.50.